The topological polar surface area (TPSA) is 108 Å². The van der Waals surface area contributed by atoms with E-state index >= 15 is 0 Å². The lowest BCUT2D eigenvalue weighted by molar-refractivity contribution is -0.147. The minimum Gasteiger partial charge on any atom is -0.508 e. The quantitative estimate of drug-likeness (QED) is 0.229. The van der Waals surface area contributed by atoms with Gasteiger partial charge in [0.15, 0.2) is 0 Å². The lowest BCUT2D eigenvalue weighted by Gasteiger charge is -2.44. The molecule has 8 nitrogen and oxygen atoms in total. The summed E-state index contributed by atoms with van der Waals surface area (Å²) in [6.07, 6.45) is -0.0834. The van der Waals surface area contributed by atoms with Crippen molar-refractivity contribution in [1.29, 1.82) is 0 Å². The SMILES string of the molecule is CCC(C)(C)N(C(=O)C(Cc1ccc(O)cc1)NC(=O)OC(C)(C)C)C(C(=O)Nc1c(C)cccc1C)c1ccc(C)cc1. The maximum Gasteiger partial charge on any atom is 0.408 e. The second-order valence-corrected chi connectivity index (χ2v) is 13.0. The van der Waals surface area contributed by atoms with Gasteiger partial charge in [-0.1, -0.05) is 67.1 Å². The van der Waals surface area contributed by atoms with Gasteiger partial charge in [0.25, 0.3) is 5.91 Å². The van der Waals surface area contributed by atoms with E-state index in [1.807, 2.05) is 84.0 Å². The highest BCUT2D eigenvalue weighted by Crippen LogP contribution is 2.34. The molecule has 3 rings (SSSR count). The third kappa shape index (κ3) is 8.85. The molecule has 3 aromatic rings. The number of hydrogen-bond acceptors (Lipinski definition) is 5. The van der Waals surface area contributed by atoms with Gasteiger partial charge in [0.1, 0.15) is 23.4 Å². The number of carbonyl (C=O) groups is 3. The van der Waals surface area contributed by atoms with Crippen LogP contribution in [-0.2, 0) is 20.7 Å². The van der Waals surface area contributed by atoms with Crippen molar-refractivity contribution >= 4 is 23.6 Å². The number of para-hydroxylation sites is 1. The number of aryl methyl sites for hydroxylation is 3. The molecule has 0 aliphatic rings. The van der Waals surface area contributed by atoms with Crippen LogP contribution in [0.1, 0.15) is 81.8 Å². The minimum atomic E-state index is -1.07. The van der Waals surface area contributed by atoms with E-state index in [0.29, 0.717) is 17.7 Å². The fourth-order valence-electron chi connectivity index (χ4n) is 5.00. The summed E-state index contributed by atoms with van der Waals surface area (Å²) in [4.78, 5) is 43.9. The van der Waals surface area contributed by atoms with E-state index in [-0.39, 0.29) is 18.1 Å². The zero-order chi connectivity index (χ0) is 32.8. The van der Waals surface area contributed by atoms with Crippen LogP contribution in [0.5, 0.6) is 5.75 Å². The predicted molar refractivity (Wildman–Crippen MR) is 175 cm³/mol. The van der Waals surface area contributed by atoms with Gasteiger partial charge in [0, 0.05) is 17.6 Å². The summed E-state index contributed by atoms with van der Waals surface area (Å²) < 4.78 is 5.54. The monoisotopic (exact) mass is 601 g/mol. The molecule has 0 bridgehead atoms. The average molecular weight is 602 g/mol. The second kappa shape index (κ2) is 14.0. The second-order valence-electron chi connectivity index (χ2n) is 13.0. The Morgan fingerprint density at radius 2 is 1.43 bits per heavy atom. The van der Waals surface area contributed by atoms with Crippen LogP contribution in [0.2, 0.25) is 0 Å². The van der Waals surface area contributed by atoms with Crippen molar-refractivity contribution in [3.05, 3.63) is 94.5 Å². The molecule has 236 valence electrons. The highest BCUT2D eigenvalue weighted by Gasteiger charge is 2.43. The Hall–Kier alpha value is -4.33. The Morgan fingerprint density at radius 1 is 0.864 bits per heavy atom. The summed E-state index contributed by atoms with van der Waals surface area (Å²) in [5.41, 5.74) is 3.32. The molecular formula is C36H47N3O5. The third-order valence-electron chi connectivity index (χ3n) is 7.75. The van der Waals surface area contributed by atoms with Crippen molar-refractivity contribution in [2.75, 3.05) is 5.32 Å². The van der Waals surface area contributed by atoms with Crippen LogP contribution in [0, 0.1) is 20.8 Å². The van der Waals surface area contributed by atoms with Crippen molar-refractivity contribution in [3.63, 3.8) is 0 Å². The predicted octanol–water partition coefficient (Wildman–Crippen LogP) is 7.15. The Morgan fingerprint density at radius 3 is 1.95 bits per heavy atom. The highest BCUT2D eigenvalue weighted by molar-refractivity contribution is 6.00. The molecule has 0 spiro atoms. The first kappa shape index (κ1) is 34.2. The number of rotatable bonds is 10. The van der Waals surface area contributed by atoms with Gasteiger partial charge in [-0.05, 0) is 96.2 Å². The fraction of sp³-hybridized carbons (Fsp3) is 0.417. The molecule has 3 aromatic carbocycles. The van der Waals surface area contributed by atoms with Gasteiger partial charge in [-0.15, -0.1) is 0 Å². The largest absolute Gasteiger partial charge is 0.508 e. The van der Waals surface area contributed by atoms with Crippen molar-refractivity contribution < 1.29 is 24.2 Å². The van der Waals surface area contributed by atoms with Gasteiger partial charge in [-0.3, -0.25) is 9.59 Å². The minimum absolute atomic E-state index is 0.0908. The van der Waals surface area contributed by atoms with Crippen LogP contribution in [-0.4, -0.2) is 45.1 Å². The molecule has 0 fully saturated rings. The normalized spacial score (nSPS) is 13.0. The van der Waals surface area contributed by atoms with Gasteiger partial charge < -0.3 is 25.4 Å². The molecule has 2 atom stereocenters. The van der Waals surface area contributed by atoms with Crippen LogP contribution in [0.25, 0.3) is 0 Å². The number of hydrogen-bond donors (Lipinski definition) is 3. The molecule has 8 heteroatoms. The van der Waals surface area contributed by atoms with Crippen LogP contribution >= 0.6 is 0 Å². The fourth-order valence-corrected chi connectivity index (χ4v) is 5.00. The first-order chi connectivity index (χ1) is 20.5. The lowest BCUT2D eigenvalue weighted by Crippen LogP contribution is -2.59. The van der Waals surface area contributed by atoms with Crippen molar-refractivity contribution in [1.82, 2.24) is 10.2 Å². The number of ether oxygens (including phenoxy) is 1. The average Bonchev–Trinajstić information content (AvgIpc) is 2.93. The summed E-state index contributed by atoms with van der Waals surface area (Å²) in [5.74, 6) is -0.701. The number of carbonyl (C=O) groups excluding carboxylic acids is 3. The first-order valence-electron chi connectivity index (χ1n) is 15.1. The number of nitrogens with one attached hydrogen (secondary N) is 2. The van der Waals surface area contributed by atoms with E-state index in [4.69, 9.17) is 4.74 Å². The Bertz CT molecular complexity index is 1440. The number of anilines is 1. The smallest absolute Gasteiger partial charge is 0.408 e. The number of phenols is 1. The Kier molecular flexibility index (Phi) is 10.8. The van der Waals surface area contributed by atoms with E-state index in [1.165, 1.54) is 12.1 Å². The summed E-state index contributed by atoms with van der Waals surface area (Å²) in [7, 11) is 0. The number of amides is 3. The molecule has 0 heterocycles. The maximum absolute atomic E-state index is 14.8. The molecule has 0 saturated heterocycles. The van der Waals surface area contributed by atoms with Gasteiger partial charge in [0.2, 0.25) is 5.91 Å². The summed E-state index contributed by atoms with van der Waals surface area (Å²) in [6.45, 7) is 16.9. The molecule has 3 amide bonds. The van der Waals surface area contributed by atoms with Gasteiger partial charge in [0.05, 0.1) is 0 Å². The van der Waals surface area contributed by atoms with E-state index in [0.717, 1.165) is 22.3 Å². The number of nitrogens with zero attached hydrogens (tertiary/aromatic N) is 1. The summed E-state index contributed by atoms with van der Waals surface area (Å²) in [6, 6.07) is 17.8. The lowest BCUT2D eigenvalue weighted by atomic mass is 9.90. The summed E-state index contributed by atoms with van der Waals surface area (Å²) >= 11 is 0. The molecular weight excluding hydrogens is 554 g/mol. The highest BCUT2D eigenvalue weighted by atomic mass is 16.6. The molecule has 3 N–H and O–H groups in total. The molecule has 0 aliphatic carbocycles. The molecule has 0 saturated carbocycles. The molecule has 0 radical (unpaired) electrons. The number of benzene rings is 3. The van der Waals surface area contributed by atoms with Crippen LogP contribution in [0.15, 0.2) is 66.7 Å². The maximum atomic E-state index is 14.8. The molecule has 44 heavy (non-hydrogen) atoms. The Labute approximate surface area is 261 Å². The third-order valence-corrected chi connectivity index (χ3v) is 7.75. The van der Waals surface area contributed by atoms with Gasteiger partial charge in [-0.2, -0.15) is 0 Å². The van der Waals surface area contributed by atoms with Crippen LogP contribution < -0.4 is 10.6 Å². The number of alkyl carbamates (subject to hydrolysis) is 1. The molecule has 2 unspecified atom stereocenters. The zero-order valence-electron chi connectivity index (χ0n) is 27.4. The van der Waals surface area contributed by atoms with Crippen LogP contribution in [0.4, 0.5) is 10.5 Å². The molecule has 0 aromatic heterocycles. The van der Waals surface area contributed by atoms with Crippen molar-refractivity contribution in [2.24, 2.45) is 0 Å². The van der Waals surface area contributed by atoms with E-state index in [2.05, 4.69) is 10.6 Å². The molecule has 0 aliphatic heterocycles. The summed E-state index contributed by atoms with van der Waals surface area (Å²) in [5, 5.41) is 15.7. The van der Waals surface area contributed by atoms with E-state index in [1.54, 1.807) is 37.8 Å². The van der Waals surface area contributed by atoms with Crippen LogP contribution in [0.3, 0.4) is 0 Å². The standard InChI is InChI=1S/C36H47N3O5/c1-10-36(8,9)39(33(42)29(37-34(43)44-35(5,6)7)22-26-16-20-28(40)21-17-26)31(27-18-14-23(2)15-19-27)32(41)38-30-24(3)12-11-13-25(30)4/h11-21,29,31,40H,10,22H2,1-9H3,(H,37,43)(H,38,41). The first-order valence-corrected chi connectivity index (χ1v) is 15.1. The number of aromatic hydroxyl groups is 1. The van der Waals surface area contributed by atoms with E-state index < -0.39 is 35.2 Å². The Balaban J connectivity index is 2.16. The van der Waals surface area contributed by atoms with E-state index in [9.17, 15) is 19.5 Å². The van der Waals surface area contributed by atoms with Gasteiger partial charge >= 0.3 is 6.09 Å². The number of phenolic OH excluding ortho intramolecular Hbond substituents is 1. The van der Waals surface area contributed by atoms with Crippen molar-refractivity contribution in [3.8, 4) is 5.75 Å². The zero-order valence-corrected chi connectivity index (χ0v) is 27.4. The van der Waals surface area contributed by atoms with Crippen molar-refractivity contribution in [2.45, 2.75) is 98.4 Å². The van der Waals surface area contributed by atoms with Gasteiger partial charge in [-0.25, -0.2) is 4.79 Å².